The van der Waals surface area contributed by atoms with E-state index in [1.807, 2.05) is 72.8 Å². The number of benzene rings is 7. The van der Waals surface area contributed by atoms with E-state index in [-0.39, 0.29) is 0 Å². The van der Waals surface area contributed by atoms with Gasteiger partial charge >= 0.3 is 0 Å². The zero-order chi connectivity index (χ0) is 33.8. The number of hydrogen-bond donors (Lipinski definition) is 0. The van der Waals surface area contributed by atoms with Gasteiger partial charge in [0.1, 0.15) is 0 Å². The molecule has 2 aromatic heterocycles. The van der Waals surface area contributed by atoms with Crippen molar-refractivity contribution >= 4 is 53.3 Å². The van der Waals surface area contributed by atoms with Crippen LogP contribution in [0.3, 0.4) is 0 Å². The second kappa shape index (κ2) is 11.6. The average Bonchev–Trinajstić information content (AvgIpc) is 3.72. The lowest BCUT2D eigenvalue weighted by molar-refractivity contribution is 1.18. The van der Waals surface area contributed by atoms with Gasteiger partial charge < -0.3 is 4.57 Å². The Hall–Kier alpha value is -6.97. The molecule has 9 rings (SSSR count). The van der Waals surface area contributed by atoms with Crippen LogP contribution in [0.5, 0.6) is 0 Å². The molecular weight excluding hydrogens is 629 g/mol. The van der Waals surface area contributed by atoms with Crippen LogP contribution in [0.1, 0.15) is 16.7 Å². The van der Waals surface area contributed by atoms with Crippen molar-refractivity contribution in [3.05, 3.63) is 162 Å². The van der Waals surface area contributed by atoms with Crippen molar-refractivity contribution in [2.24, 2.45) is 0 Å². The van der Waals surface area contributed by atoms with Gasteiger partial charge in [0.05, 0.1) is 45.9 Å². The summed E-state index contributed by atoms with van der Waals surface area (Å²) in [5.74, 6) is 0. The molecule has 2 heterocycles. The molecule has 230 valence electrons. The van der Waals surface area contributed by atoms with Crippen LogP contribution in [0.2, 0.25) is 0 Å². The molecule has 0 saturated heterocycles. The van der Waals surface area contributed by atoms with E-state index in [2.05, 4.69) is 95.6 Å². The Bertz CT molecular complexity index is 2910. The summed E-state index contributed by atoms with van der Waals surface area (Å²) in [4.78, 5) is 0. The Morgan fingerprint density at radius 1 is 0.420 bits per heavy atom. The highest BCUT2D eigenvalue weighted by molar-refractivity contribution is 7.25. The van der Waals surface area contributed by atoms with Gasteiger partial charge in [0, 0.05) is 42.2 Å². The number of nitrogens with zero attached hydrogens (tertiary/aromatic N) is 4. The van der Waals surface area contributed by atoms with Gasteiger partial charge in [-0.05, 0) is 107 Å². The van der Waals surface area contributed by atoms with Gasteiger partial charge in [-0.25, -0.2) is 0 Å². The first-order chi connectivity index (χ1) is 24.6. The van der Waals surface area contributed by atoms with Gasteiger partial charge in [-0.3, -0.25) is 0 Å². The fourth-order valence-electron chi connectivity index (χ4n) is 7.19. The van der Waals surface area contributed by atoms with Crippen molar-refractivity contribution in [1.29, 1.82) is 15.8 Å². The third-order valence-corrected chi connectivity index (χ3v) is 10.6. The zero-order valence-corrected chi connectivity index (χ0v) is 27.4. The normalized spacial score (nSPS) is 11.1. The van der Waals surface area contributed by atoms with Gasteiger partial charge in [-0.2, -0.15) is 15.8 Å². The minimum atomic E-state index is 0.565. The van der Waals surface area contributed by atoms with Crippen LogP contribution in [0, 0.1) is 34.0 Å². The topological polar surface area (TPSA) is 76.3 Å². The Morgan fingerprint density at radius 3 is 1.76 bits per heavy atom. The fourth-order valence-corrected chi connectivity index (χ4v) is 8.28. The summed E-state index contributed by atoms with van der Waals surface area (Å²) >= 11 is 1.80. The first-order valence-electron chi connectivity index (χ1n) is 16.2. The molecule has 5 heteroatoms. The van der Waals surface area contributed by atoms with E-state index in [0.29, 0.717) is 16.7 Å². The van der Waals surface area contributed by atoms with Gasteiger partial charge in [-0.15, -0.1) is 11.3 Å². The standard InChI is InChI=1S/C45H24N4S/c46-25-28-13-16-42-39(19-28)40-20-29(26-47)14-17-43(40)49(42)34-22-32(30-15-18-45-41(24-30)38-11-5-6-12-44(38)50-45)21-33(23-34)36-9-3-4-10-37(36)35-8-2-1-7-31(35)27-48/h1-24H. The molecule has 0 spiro atoms. The predicted octanol–water partition coefficient (Wildman–Crippen LogP) is 11.8. The first-order valence-corrected chi connectivity index (χ1v) is 17.0. The lowest BCUT2D eigenvalue weighted by Gasteiger charge is -2.17. The lowest BCUT2D eigenvalue weighted by Crippen LogP contribution is -1.97. The van der Waals surface area contributed by atoms with Crippen molar-refractivity contribution in [1.82, 2.24) is 4.57 Å². The van der Waals surface area contributed by atoms with Gasteiger partial charge in [0.25, 0.3) is 0 Å². The molecule has 0 fully saturated rings. The van der Waals surface area contributed by atoms with Crippen LogP contribution in [-0.4, -0.2) is 4.57 Å². The number of nitriles is 3. The Balaban J connectivity index is 1.36. The number of fused-ring (bicyclic) bond motifs is 6. The van der Waals surface area contributed by atoms with Crippen LogP contribution >= 0.6 is 11.3 Å². The van der Waals surface area contributed by atoms with Crippen molar-refractivity contribution in [3.63, 3.8) is 0 Å². The molecule has 0 atom stereocenters. The van der Waals surface area contributed by atoms with E-state index in [1.165, 1.54) is 20.2 Å². The highest BCUT2D eigenvalue weighted by Gasteiger charge is 2.18. The molecule has 0 bridgehead atoms. The molecule has 7 aromatic carbocycles. The largest absolute Gasteiger partial charge is 0.309 e. The van der Waals surface area contributed by atoms with Crippen molar-refractivity contribution < 1.29 is 0 Å². The highest BCUT2D eigenvalue weighted by atomic mass is 32.1. The number of thiophene rings is 1. The molecule has 0 N–H and O–H groups in total. The Labute approximate surface area is 292 Å². The van der Waals surface area contributed by atoms with Crippen LogP contribution < -0.4 is 0 Å². The number of aromatic nitrogens is 1. The van der Waals surface area contributed by atoms with E-state index in [4.69, 9.17) is 0 Å². The predicted molar refractivity (Wildman–Crippen MR) is 204 cm³/mol. The maximum Gasteiger partial charge on any atom is 0.0998 e. The summed E-state index contributed by atoms with van der Waals surface area (Å²) in [6.45, 7) is 0. The summed E-state index contributed by atoms with van der Waals surface area (Å²) < 4.78 is 4.73. The molecule has 0 aliphatic rings. The molecule has 0 amide bonds. The zero-order valence-electron chi connectivity index (χ0n) is 26.6. The molecule has 0 aliphatic carbocycles. The molecule has 4 nitrogen and oxygen atoms in total. The van der Waals surface area contributed by atoms with Gasteiger partial charge in [0.15, 0.2) is 0 Å². The smallest absolute Gasteiger partial charge is 0.0998 e. The first kappa shape index (κ1) is 29.2. The Kier molecular flexibility index (Phi) is 6.78. The minimum absolute atomic E-state index is 0.565. The van der Waals surface area contributed by atoms with Crippen LogP contribution in [0.15, 0.2) is 146 Å². The minimum Gasteiger partial charge on any atom is -0.309 e. The number of rotatable bonds is 4. The molecule has 0 aliphatic heterocycles. The molecule has 0 unspecified atom stereocenters. The molecule has 0 radical (unpaired) electrons. The Morgan fingerprint density at radius 2 is 1.04 bits per heavy atom. The van der Waals surface area contributed by atoms with E-state index in [9.17, 15) is 15.8 Å². The van der Waals surface area contributed by atoms with Gasteiger partial charge in [-0.1, -0.05) is 66.7 Å². The fraction of sp³-hybridized carbons (Fsp3) is 0. The van der Waals surface area contributed by atoms with E-state index in [0.717, 1.165) is 60.9 Å². The summed E-state index contributed by atoms with van der Waals surface area (Å²) in [6.07, 6.45) is 0. The highest BCUT2D eigenvalue weighted by Crippen LogP contribution is 2.41. The number of hydrogen-bond acceptors (Lipinski definition) is 4. The molecular formula is C45H24N4S. The average molecular weight is 653 g/mol. The van der Waals surface area contributed by atoms with Crippen LogP contribution in [0.25, 0.3) is 81.0 Å². The van der Waals surface area contributed by atoms with Gasteiger partial charge in [0.2, 0.25) is 0 Å². The van der Waals surface area contributed by atoms with Crippen molar-refractivity contribution in [2.45, 2.75) is 0 Å². The molecule has 9 aromatic rings. The maximum atomic E-state index is 10.0. The summed E-state index contributed by atoms with van der Waals surface area (Å²) in [6, 6.07) is 56.3. The van der Waals surface area contributed by atoms with Crippen LogP contribution in [-0.2, 0) is 0 Å². The van der Waals surface area contributed by atoms with Crippen molar-refractivity contribution in [3.8, 4) is 57.3 Å². The summed E-state index contributed by atoms with van der Waals surface area (Å²) in [5.41, 5.74) is 10.6. The monoisotopic (exact) mass is 652 g/mol. The lowest BCUT2D eigenvalue weighted by atomic mass is 9.90. The maximum absolute atomic E-state index is 10.0. The SMILES string of the molecule is N#Cc1ccc2c(c1)c1cc(C#N)ccc1n2-c1cc(-c2ccc3sc4ccccc4c3c2)cc(-c2ccccc2-c2ccccc2C#N)c1. The third kappa shape index (κ3) is 4.64. The molecule has 0 saturated carbocycles. The van der Waals surface area contributed by atoms with E-state index in [1.54, 1.807) is 11.3 Å². The summed E-state index contributed by atoms with van der Waals surface area (Å²) in [7, 11) is 0. The molecule has 50 heavy (non-hydrogen) atoms. The quantitative estimate of drug-likeness (QED) is 0.190. The third-order valence-electron chi connectivity index (χ3n) is 9.49. The van der Waals surface area contributed by atoms with Crippen molar-refractivity contribution in [2.75, 3.05) is 0 Å². The summed E-state index contributed by atoms with van der Waals surface area (Å²) in [5, 5.41) is 33.9. The second-order valence-electron chi connectivity index (χ2n) is 12.3. The van der Waals surface area contributed by atoms with E-state index >= 15 is 0 Å². The second-order valence-corrected chi connectivity index (χ2v) is 13.4. The van der Waals surface area contributed by atoms with E-state index < -0.39 is 0 Å². The van der Waals surface area contributed by atoms with Crippen LogP contribution in [0.4, 0.5) is 0 Å².